The maximum Gasteiger partial charge on any atom is 0.243 e. The number of amides is 1. The zero-order valence-corrected chi connectivity index (χ0v) is 21.6. The van der Waals surface area contributed by atoms with Crippen molar-refractivity contribution in [2.45, 2.75) is 51.3 Å². The Balaban J connectivity index is 1.72. The molecule has 0 spiro atoms. The Morgan fingerprint density at radius 3 is 2.24 bits per heavy atom. The van der Waals surface area contributed by atoms with Crippen molar-refractivity contribution >= 4 is 15.9 Å². The van der Waals surface area contributed by atoms with Gasteiger partial charge in [-0.05, 0) is 41.9 Å². The fourth-order valence-electron chi connectivity index (χ4n) is 5.05. The van der Waals surface area contributed by atoms with E-state index in [9.17, 15) is 13.2 Å². The number of hydrogen-bond acceptors (Lipinski definition) is 5. The summed E-state index contributed by atoms with van der Waals surface area (Å²) < 4.78 is 28.7. The van der Waals surface area contributed by atoms with Gasteiger partial charge in [-0.2, -0.15) is 4.31 Å². The maximum atomic E-state index is 13.6. The molecule has 186 valence electrons. The van der Waals surface area contributed by atoms with Gasteiger partial charge in [-0.3, -0.25) is 4.79 Å². The molecular formula is C25H42N4O3S. The number of benzene rings is 1. The number of piperidine rings is 1. The van der Waals surface area contributed by atoms with E-state index < -0.39 is 10.0 Å². The van der Waals surface area contributed by atoms with Gasteiger partial charge in [-0.25, -0.2) is 8.42 Å². The van der Waals surface area contributed by atoms with Crippen molar-refractivity contribution in [2.24, 2.45) is 11.8 Å². The van der Waals surface area contributed by atoms with Crippen LogP contribution in [0, 0.1) is 11.8 Å². The van der Waals surface area contributed by atoms with Crippen LogP contribution in [0.5, 0.6) is 0 Å². The molecule has 1 aromatic rings. The molecule has 2 aliphatic rings. The zero-order chi connectivity index (χ0) is 24.0. The fraction of sp³-hybridized carbons (Fsp3) is 0.720. The number of rotatable bonds is 9. The van der Waals surface area contributed by atoms with Crippen LogP contribution in [0.3, 0.4) is 0 Å². The molecule has 0 aromatic heterocycles. The molecule has 0 unspecified atom stereocenters. The first-order valence-electron chi connectivity index (χ1n) is 12.5. The number of carbonyl (C=O) groups is 1. The topological polar surface area (TPSA) is 73.0 Å². The highest BCUT2D eigenvalue weighted by Gasteiger charge is 2.28. The zero-order valence-electron chi connectivity index (χ0n) is 20.8. The Morgan fingerprint density at radius 2 is 1.67 bits per heavy atom. The SMILES string of the molecule is CC(C)c1ccc(S(=O)(=O)N(CCC(=O)N2CCNCC2)CCN2C[C@H](C)C[C@@H](C)C2)cc1. The number of nitrogens with one attached hydrogen (secondary N) is 1. The van der Waals surface area contributed by atoms with Gasteiger partial charge >= 0.3 is 0 Å². The highest BCUT2D eigenvalue weighted by molar-refractivity contribution is 7.89. The summed E-state index contributed by atoms with van der Waals surface area (Å²) in [5.41, 5.74) is 1.12. The molecule has 1 N–H and O–H groups in total. The number of piperazine rings is 1. The molecule has 0 aliphatic carbocycles. The van der Waals surface area contributed by atoms with Crippen molar-refractivity contribution in [3.8, 4) is 0 Å². The number of sulfonamides is 1. The van der Waals surface area contributed by atoms with Gasteiger partial charge in [0.15, 0.2) is 0 Å². The second-order valence-electron chi connectivity index (χ2n) is 10.2. The van der Waals surface area contributed by atoms with Gasteiger partial charge in [0.05, 0.1) is 4.90 Å². The molecule has 33 heavy (non-hydrogen) atoms. The molecular weight excluding hydrogens is 436 g/mol. The Kier molecular flexibility index (Phi) is 9.33. The van der Waals surface area contributed by atoms with Crippen molar-refractivity contribution in [1.29, 1.82) is 0 Å². The highest BCUT2D eigenvalue weighted by atomic mass is 32.2. The summed E-state index contributed by atoms with van der Waals surface area (Å²) in [5, 5.41) is 3.25. The summed E-state index contributed by atoms with van der Waals surface area (Å²) >= 11 is 0. The molecule has 0 saturated carbocycles. The van der Waals surface area contributed by atoms with Gasteiger partial charge in [0.25, 0.3) is 0 Å². The van der Waals surface area contributed by atoms with Crippen LogP contribution in [0.15, 0.2) is 29.2 Å². The lowest BCUT2D eigenvalue weighted by molar-refractivity contribution is -0.131. The van der Waals surface area contributed by atoms with Crippen LogP contribution in [0.1, 0.15) is 52.0 Å². The van der Waals surface area contributed by atoms with Crippen molar-refractivity contribution in [3.63, 3.8) is 0 Å². The van der Waals surface area contributed by atoms with E-state index in [1.165, 1.54) is 10.7 Å². The average molecular weight is 479 g/mol. The lowest BCUT2D eigenvalue weighted by Crippen LogP contribution is -2.48. The number of likely N-dealkylation sites (tertiary alicyclic amines) is 1. The van der Waals surface area contributed by atoms with Crippen molar-refractivity contribution in [3.05, 3.63) is 29.8 Å². The second-order valence-corrected chi connectivity index (χ2v) is 12.2. The van der Waals surface area contributed by atoms with E-state index in [1.807, 2.05) is 17.0 Å². The van der Waals surface area contributed by atoms with Gasteiger partial charge in [0, 0.05) is 65.3 Å². The predicted octanol–water partition coefficient (Wildman–Crippen LogP) is 2.60. The van der Waals surface area contributed by atoms with E-state index in [0.29, 0.717) is 48.8 Å². The van der Waals surface area contributed by atoms with Crippen LogP contribution in [-0.2, 0) is 14.8 Å². The molecule has 1 amide bonds. The number of nitrogens with zero attached hydrogens (tertiary/aromatic N) is 3. The Labute approximate surface area is 200 Å². The maximum absolute atomic E-state index is 13.6. The third-order valence-corrected chi connectivity index (χ3v) is 8.75. The Hall–Kier alpha value is -1.48. The molecule has 0 radical (unpaired) electrons. The van der Waals surface area contributed by atoms with Crippen LogP contribution >= 0.6 is 0 Å². The second kappa shape index (κ2) is 11.8. The summed E-state index contributed by atoms with van der Waals surface area (Å²) in [4.78, 5) is 17.3. The van der Waals surface area contributed by atoms with E-state index in [-0.39, 0.29) is 18.9 Å². The molecule has 2 saturated heterocycles. The first-order valence-corrected chi connectivity index (χ1v) is 13.9. The van der Waals surface area contributed by atoms with E-state index in [2.05, 4.69) is 37.9 Å². The predicted molar refractivity (Wildman–Crippen MR) is 133 cm³/mol. The van der Waals surface area contributed by atoms with Crippen LogP contribution in [0.4, 0.5) is 0 Å². The first kappa shape index (κ1) is 26.1. The summed E-state index contributed by atoms with van der Waals surface area (Å²) in [6.45, 7) is 15.0. The smallest absolute Gasteiger partial charge is 0.243 e. The molecule has 8 heteroatoms. The van der Waals surface area contributed by atoms with E-state index in [0.717, 1.165) is 31.7 Å². The van der Waals surface area contributed by atoms with Crippen molar-refractivity contribution in [1.82, 2.24) is 19.4 Å². The third kappa shape index (κ3) is 7.25. The van der Waals surface area contributed by atoms with Crippen molar-refractivity contribution in [2.75, 3.05) is 58.9 Å². The van der Waals surface area contributed by atoms with Gasteiger partial charge in [0.1, 0.15) is 0 Å². The molecule has 2 aliphatic heterocycles. The van der Waals surface area contributed by atoms with Gasteiger partial charge in [0.2, 0.25) is 15.9 Å². The standard InChI is InChI=1S/C25H42N4O3S/c1-20(2)23-5-7-24(8-6-23)33(31,32)29(12-9-25(30)28-13-10-26-11-14-28)16-15-27-18-21(3)17-22(4)19-27/h5-8,20-22,26H,9-19H2,1-4H3/t21-,22-/m1/s1. The van der Waals surface area contributed by atoms with E-state index in [1.54, 1.807) is 12.1 Å². The van der Waals surface area contributed by atoms with E-state index >= 15 is 0 Å². The molecule has 1 aromatic carbocycles. The molecule has 2 fully saturated rings. The van der Waals surface area contributed by atoms with Gasteiger partial charge < -0.3 is 15.1 Å². The minimum absolute atomic E-state index is 0.0343. The van der Waals surface area contributed by atoms with Gasteiger partial charge in [-0.1, -0.05) is 39.8 Å². The van der Waals surface area contributed by atoms with Gasteiger partial charge in [-0.15, -0.1) is 0 Å². The van der Waals surface area contributed by atoms with Crippen LogP contribution in [0.2, 0.25) is 0 Å². The molecule has 0 bridgehead atoms. The molecule has 3 rings (SSSR count). The van der Waals surface area contributed by atoms with E-state index in [4.69, 9.17) is 0 Å². The molecule has 7 nitrogen and oxygen atoms in total. The van der Waals surface area contributed by atoms with Crippen LogP contribution in [0.25, 0.3) is 0 Å². The minimum Gasteiger partial charge on any atom is -0.340 e. The lowest BCUT2D eigenvalue weighted by atomic mass is 9.92. The summed E-state index contributed by atoms with van der Waals surface area (Å²) in [7, 11) is -3.67. The summed E-state index contributed by atoms with van der Waals surface area (Å²) in [6.07, 6.45) is 1.44. The average Bonchev–Trinajstić information content (AvgIpc) is 2.78. The number of hydrogen-bond donors (Lipinski definition) is 1. The lowest BCUT2D eigenvalue weighted by Gasteiger charge is -2.36. The first-order chi connectivity index (χ1) is 15.7. The van der Waals surface area contributed by atoms with Crippen LogP contribution < -0.4 is 5.32 Å². The molecule has 2 atom stereocenters. The summed E-state index contributed by atoms with van der Waals surface area (Å²) in [5.74, 6) is 1.62. The quantitative estimate of drug-likeness (QED) is 0.591. The fourth-order valence-corrected chi connectivity index (χ4v) is 6.48. The van der Waals surface area contributed by atoms with Crippen LogP contribution in [-0.4, -0.2) is 87.3 Å². The minimum atomic E-state index is -3.67. The summed E-state index contributed by atoms with van der Waals surface area (Å²) in [6, 6.07) is 7.22. The highest BCUT2D eigenvalue weighted by Crippen LogP contribution is 2.23. The molecule has 2 heterocycles. The Morgan fingerprint density at radius 1 is 1.06 bits per heavy atom. The normalized spacial score (nSPS) is 22.8. The third-order valence-electron chi connectivity index (χ3n) is 6.84. The monoisotopic (exact) mass is 478 g/mol. The Bertz CT molecular complexity index is 856. The van der Waals surface area contributed by atoms with Crippen molar-refractivity contribution < 1.29 is 13.2 Å². The largest absolute Gasteiger partial charge is 0.340 e. The number of carbonyl (C=O) groups excluding carboxylic acids is 1.